The predicted molar refractivity (Wildman–Crippen MR) is 48.5 cm³/mol. The highest BCUT2D eigenvalue weighted by Crippen LogP contribution is 2.28. The van der Waals surface area contributed by atoms with E-state index in [9.17, 15) is 20.2 Å². The van der Waals surface area contributed by atoms with Crippen molar-refractivity contribution >= 4 is 17.1 Å². The zero-order chi connectivity index (χ0) is 11.6. The van der Waals surface area contributed by atoms with E-state index in [2.05, 4.69) is 0 Å². The Morgan fingerprint density at radius 2 is 1.87 bits per heavy atom. The second-order valence-electron chi connectivity index (χ2n) is 2.76. The molecule has 0 aliphatic rings. The van der Waals surface area contributed by atoms with Gasteiger partial charge < -0.3 is 5.53 Å². The minimum absolute atomic E-state index is 0.0594. The molecule has 0 aliphatic heterocycles. The van der Waals surface area contributed by atoms with Crippen molar-refractivity contribution in [3.8, 4) is 0 Å². The SMILES string of the molecule is Cc1c([NH+]=[N-])cc([N+](=O)[O-])cc1[N+](=O)[O-]. The van der Waals surface area contributed by atoms with E-state index in [1.807, 2.05) is 0 Å². The van der Waals surface area contributed by atoms with Crippen LogP contribution in [0.1, 0.15) is 5.56 Å². The van der Waals surface area contributed by atoms with Crippen LogP contribution in [0.25, 0.3) is 5.53 Å². The molecule has 0 fully saturated rings. The fourth-order valence-electron chi connectivity index (χ4n) is 1.10. The first-order chi connectivity index (χ1) is 6.97. The summed E-state index contributed by atoms with van der Waals surface area (Å²) in [5.74, 6) is 0. The monoisotopic (exact) mass is 210 g/mol. The number of nitro benzene ring substituents is 2. The molecule has 8 nitrogen and oxygen atoms in total. The molecule has 1 aromatic rings. The van der Waals surface area contributed by atoms with Crippen LogP contribution in [0.4, 0.5) is 17.1 Å². The van der Waals surface area contributed by atoms with Crippen LogP contribution in [0.5, 0.6) is 0 Å². The van der Waals surface area contributed by atoms with Crippen molar-refractivity contribution in [2.45, 2.75) is 6.92 Å². The Morgan fingerprint density at radius 1 is 1.27 bits per heavy atom. The summed E-state index contributed by atoms with van der Waals surface area (Å²) in [5.41, 5.74) is 7.84. The summed E-state index contributed by atoms with van der Waals surface area (Å²) < 4.78 is 0. The van der Waals surface area contributed by atoms with Gasteiger partial charge in [-0.2, -0.15) is 0 Å². The quantitative estimate of drug-likeness (QED) is 0.444. The average molecular weight is 210 g/mol. The summed E-state index contributed by atoms with van der Waals surface area (Å²) in [4.78, 5) is 19.4. The molecule has 0 aliphatic carbocycles. The molecule has 0 saturated heterocycles. The van der Waals surface area contributed by atoms with Gasteiger partial charge in [-0.3, -0.25) is 25.3 Å². The number of hydrogen-bond acceptors (Lipinski definition) is 4. The molecular weight excluding hydrogens is 204 g/mol. The molecule has 0 amide bonds. The number of nitrogens with zero attached hydrogens (tertiary/aromatic N) is 3. The van der Waals surface area contributed by atoms with Gasteiger partial charge in [-0.25, -0.2) is 0 Å². The van der Waals surface area contributed by atoms with E-state index < -0.39 is 21.2 Å². The Labute approximate surface area is 83.3 Å². The Bertz CT molecular complexity index is 457. The molecule has 1 N–H and O–H groups in total. The molecule has 0 spiro atoms. The average Bonchev–Trinajstić information content (AvgIpc) is 2.17. The van der Waals surface area contributed by atoms with Gasteiger partial charge in [0.15, 0.2) is 0 Å². The third-order valence-corrected chi connectivity index (χ3v) is 1.89. The molecule has 0 saturated carbocycles. The highest BCUT2D eigenvalue weighted by Gasteiger charge is 2.22. The van der Waals surface area contributed by atoms with E-state index in [1.165, 1.54) is 6.92 Å². The van der Waals surface area contributed by atoms with Gasteiger partial charge in [-0.05, 0) is 6.92 Å². The van der Waals surface area contributed by atoms with Crippen LogP contribution in [0.15, 0.2) is 12.1 Å². The fourth-order valence-corrected chi connectivity index (χ4v) is 1.10. The first-order valence-electron chi connectivity index (χ1n) is 3.81. The molecule has 1 rings (SSSR count). The molecule has 1 aromatic carbocycles. The smallest absolute Gasteiger partial charge is 0.285 e. The second kappa shape index (κ2) is 3.78. The summed E-state index contributed by atoms with van der Waals surface area (Å²) in [6.45, 7) is 1.38. The molecule has 0 heterocycles. The first-order valence-corrected chi connectivity index (χ1v) is 3.81. The molecule has 0 atom stereocenters. The maximum Gasteiger partial charge on any atom is 0.285 e. The Morgan fingerprint density at radius 3 is 2.27 bits per heavy atom. The molecule has 8 heteroatoms. The van der Waals surface area contributed by atoms with Crippen LogP contribution in [0.2, 0.25) is 0 Å². The van der Waals surface area contributed by atoms with Crippen molar-refractivity contribution in [2.75, 3.05) is 0 Å². The molecular formula is C7H6N4O4. The van der Waals surface area contributed by atoms with Crippen molar-refractivity contribution in [1.82, 2.24) is 0 Å². The van der Waals surface area contributed by atoms with Gasteiger partial charge in [0.1, 0.15) is 0 Å². The predicted octanol–water partition coefficient (Wildman–Crippen LogP) is 0.545. The fraction of sp³-hybridized carbons (Fsp3) is 0.143. The van der Waals surface area contributed by atoms with Gasteiger partial charge in [0.25, 0.3) is 11.4 Å². The highest BCUT2D eigenvalue weighted by atomic mass is 16.6. The molecule has 78 valence electrons. The van der Waals surface area contributed by atoms with Crippen molar-refractivity contribution < 1.29 is 15.0 Å². The van der Waals surface area contributed by atoms with Crippen molar-refractivity contribution in [3.05, 3.63) is 43.5 Å². The van der Waals surface area contributed by atoms with Gasteiger partial charge in [-0.15, -0.1) is 0 Å². The topological polar surface area (TPSA) is 123 Å². The summed E-state index contributed by atoms with van der Waals surface area (Å²) in [7, 11) is 0. The lowest BCUT2D eigenvalue weighted by Crippen LogP contribution is -2.55. The largest absolute Gasteiger partial charge is 0.502 e. The van der Waals surface area contributed by atoms with Crippen LogP contribution in [0.3, 0.4) is 0 Å². The number of nitrogens with one attached hydrogen (secondary N) is 1. The van der Waals surface area contributed by atoms with E-state index in [1.54, 1.807) is 5.11 Å². The van der Waals surface area contributed by atoms with E-state index in [-0.39, 0.29) is 11.3 Å². The van der Waals surface area contributed by atoms with E-state index >= 15 is 0 Å². The number of rotatable bonds is 3. The lowest BCUT2D eigenvalue weighted by atomic mass is 10.1. The third-order valence-electron chi connectivity index (χ3n) is 1.89. The van der Waals surface area contributed by atoms with Crippen molar-refractivity contribution in [3.63, 3.8) is 0 Å². The van der Waals surface area contributed by atoms with Crippen LogP contribution >= 0.6 is 0 Å². The zero-order valence-electron chi connectivity index (χ0n) is 7.63. The second-order valence-corrected chi connectivity index (χ2v) is 2.76. The van der Waals surface area contributed by atoms with Crippen LogP contribution in [-0.2, 0) is 0 Å². The van der Waals surface area contributed by atoms with Gasteiger partial charge in [0.2, 0.25) is 5.69 Å². The molecule has 0 radical (unpaired) electrons. The summed E-state index contributed by atoms with van der Waals surface area (Å²) in [6.07, 6.45) is 0. The Hall–Kier alpha value is -2.38. The number of benzene rings is 1. The third kappa shape index (κ3) is 1.93. The Balaban J connectivity index is 3.51. The van der Waals surface area contributed by atoms with Crippen molar-refractivity contribution in [2.24, 2.45) is 0 Å². The van der Waals surface area contributed by atoms with Crippen LogP contribution in [0, 0.1) is 27.2 Å². The van der Waals surface area contributed by atoms with Gasteiger partial charge in [-0.1, -0.05) is 0 Å². The molecule has 15 heavy (non-hydrogen) atoms. The maximum atomic E-state index is 10.5. The first kappa shape index (κ1) is 10.7. The lowest BCUT2D eigenvalue weighted by Gasteiger charge is -1.98. The van der Waals surface area contributed by atoms with Gasteiger partial charge >= 0.3 is 0 Å². The minimum atomic E-state index is -0.771. The van der Waals surface area contributed by atoms with Gasteiger partial charge in [0.05, 0.1) is 27.5 Å². The standard InChI is InChI=1S/C7H6N4O4/c1-4-6(9-8)2-5(10(12)13)3-7(4)11(14)15/h2-3,9H,1H3. The number of non-ortho nitro benzene ring substituents is 1. The zero-order valence-corrected chi connectivity index (χ0v) is 7.63. The highest BCUT2D eigenvalue weighted by molar-refractivity contribution is 5.59. The Kier molecular flexibility index (Phi) is 2.70. The van der Waals surface area contributed by atoms with E-state index in [0.717, 1.165) is 12.1 Å². The van der Waals surface area contributed by atoms with Crippen LogP contribution in [-0.4, -0.2) is 9.85 Å². The minimum Gasteiger partial charge on any atom is -0.502 e. The van der Waals surface area contributed by atoms with Gasteiger partial charge in [0, 0.05) is 0 Å². The van der Waals surface area contributed by atoms with E-state index in [0.29, 0.717) is 0 Å². The molecule has 0 unspecified atom stereocenters. The molecule has 0 bridgehead atoms. The lowest BCUT2D eigenvalue weighted by molar-refractivity contribution is -0.402. The normalized spacial score (nSPS) is 9.67. The van der Waals surface area contributed by atoms with E-state index in [4.69, 9.17) is 5.53 Å². The summed E-state index contributed by atoms with van der Waals surface area (Å²) in [6, 6.07) is 1.86. The summed E-state index contributed by atoms with van der Waals surface area (Å²) >= 11 is 0. The molecule has 0 aromatic heterocycles. The maximum absolute atomic E-state index is 10.5. The van der Waals surface area contributed by atoms with Crippen molar-refractivity contribution in [1.29, 1.82) is 0 Å². The number of hydrogen-bond donors (Lipinski definition) is 1. The van der Waals surface area contributed by atoms with Crippen LogP contribution < -0.4 is 5.11 Å². The summed E-state index contributed by atoms with van der Waals surface area (Å²) in [5, 5.41) is 22.6. The number of nitro groups is 2.